The van der Waals surface area contributed by atoms with E-state index in [2.05, 4.69) is 5.43 Å². The molecule has 0 aliphatic heterocycles. The zero-order chi connectivity index (χ0) is 12.5. The minimum absolute atomic E-state index is 0.548. The zero-order valence-electron chi connectivity index (χ0n) is 10.4. The quantitative estimate of drug-likeness (QED) is 0.643. The molecule has 1 saturated carbocycles. The SMILES string of the molecule is COc1cccc2nc(C3CCC3)c(NN)cc12. The number of anilines is 1. The van der Waals surface area contributed by atoms with Gasteiger partial charge in [0, 0.05) is 11.3 Å². The number of nitrogens with one attached hydrogen (secondary N) is 1. The minimum Gasteiger partial charge on any atom is -0.496 e. The van der Waals surface area contributed by atoms with Crippen LogP contribution in [0, 0.1) is 0 Å². The van der Waals surface area contributed by atoms with Crippen LogP contribution >= 0.6 is 0 Å². The third-order valence-corrected chi connectivity index (χ3v) is 3.72. The maximum Gasteiger partial charge on any atom is 0.128 e. The van der Waals surface area contributed by atoms with Gasteiger partial charge >= 0.3 is 0 Å². The van der Waals surface area contributed by atoms with Crippen molar-refractivity contribution in [3.8, 4) is 5.75 Å². The summed E-state index contributed by atoms with van der Waals surface area (Å²) < 4.78 is 5.36. The van der Waals surface area contributed by atoms with E-state index in [1.165, 1.54) is 19.3 Å². The van der Waals surface area contributed by atoms with Gasteiger partial charge in [0.1, 0.15) is 5.75 Å². The first kappa shape index (κ1) is 11.3. The van der Waals surface area contributed by atoms with Crippen molar-refractivity contribution in [2.75, 3.05) is 12.5 Å². The minimum atomic E-state index is 0.548. The number of hydrazine groups is 1. The molecule has 0 bridgehead atoms. The molecule has 0 unspecified atom stereocenters. The van der Waals surface area contributed by atoms with Crippen LogP contribution in [0.15, 0.2) is 24.3 Å². The van der Waals surface area contributed by atoms with Gasteiger partial charge in [-0.2, -0.15) is 0 Å². The van der Waals surface area contributed by atoms with Gasteiger partial charge in [-0.05, 0) is 31.0 Å². The summed E-state index contributed by atoms with van der Waals surface area (Å²) in [5, 5.41) is 0.996. The van der Waals surface area contributed by atoms with Crippen LogP contribution in [0.5, 0.6) is 5.75 Å². The summed E-state index contributed by atoms with van der Waals surface area (Å²) in [5.41, 5.74) is 5.74. The Balaban J connectivity index is 2.19. The molecule has 1 aliphatic carbocycles. The van der Waals surface area contributed by atoms with Gasteiger partial charge in [0.05, 0.1) is 24.0 Å². The van der Waals surface area contributed by atoms with Crippen LogP contribution in [-0.2, 0) is 0 Å². The average Bonchev–Trinajstić information content (AvgIpc) is 2.35. The van der Waals surface area contributed by atoms with E-state index >= 15 is 0 Å². The predicted molar refractivity (Wildman–Crippen MR) is 72.7 cm³/mol. The molecule has 0 saturated heterocycles. The van der Waals surface area contributed by atoms with Gasteiger partial charge in [0.25, 0.3) is 0 Å². The normalized spacial score (nSPS) is 15.4. The number of nitrogens with two attached hydrogens (primary N) is 1. The summed E-state index contributed by atoms with van der Waals surface area (Å²) in [6.45, 7) is 0. The summed E-state index contributed by atoms with van der Waals surface area (Å²) in [6.07, 6.45) is 3.70. The third kappa shape index (κ3) is 1.69. The highest BCUT2D eigenvalue weighted by Gasteiger charge is 2.24. The molecule has 4 nitrogen and oxygen atoms in total. The number of nitrogen functional groups attached to an aromatic ring is 1. The number of hydrogen-bond donors (Lipinski definition) is 2. The average molecular weight is 243 g/mol. The maximum atomic E-state index is 5.62. The van der Waals surface area contributed by atoms with Gasteiger partial charge in [-0.1, -0.05) is 12.5 Å². The monoisotopic (exact) mass is 243 g/mol. The number of methoxy groups -OCH3 is 1. The molecule has 0 atom stereocenters. The molecular weight excluding hydrogens is 226 g/mol. The van der Waals surface area contributed by atoms with Gasteiger partial charge in [0.15, 0.2) is 0 Å². The summed E-state index contributed by atoms with van der Waals surface area (Å²) in [7, 11) is 1.67. The molecule has 1 heterocycles. The summed E-state index contributed by atoms with van der Waals surface area (Å²) >= 11 is 0. The van der Waals surface area contributed by atoms with Crippen LogP contribution in [0.1, 0.15) is 30.9 Å². The fraction of sp³-hybridized carbons (Fsp3) is 0.357. The Labute approximate surface area is 106 Å². The van der Waals surface area contributed by atoms with Crippen molar-refractivity contribution in [2.45, 2.75) is 25.2 Å². The molecule has 1 aliphatic rings. The molecule has 0 amide bonds. The second-order valence-electron chi connectivity index (χ2n) is 4.72. The first-order valence-electron chi connectivity index (χ1n) is 6.27. The Morgan fingerprint density at radius 2 is 2.22 bits per heavy atom. The Kier molecular flexibility index (Phi) is 2.80. The summed E-state index contributed by atoms with van der Waals surface area (Å²) in [6, 6.07) is 7.96. The molecule has 0 radical (unpaired) electrons. The first-order chi connectivity index (χ1) is 8.83. The molecule has 1 aromatic heterocycles. The number of benzene rings is 1. The molecule has 1 aromatic carbocycles. The number of rotatable bonds is 3. The zero-order valence-corrected chi connectivity index (χ0v) is 10.4. The largest absolute Gasteiger partial charge is 0.496 e. The molecular formula is C14H17N3O. The highest BCUT2D eigenvalue weighted by atomic mass is 16.5. The highest BCUT2D eigenvalue weighted by Crippen LogP contribution is 2.40. The van der Waals surface area contributed by atoms with Gasteiger partial charge in [0.2, 0.25) is 0 Å². The number of hydrogen-bond acceptors (Lipinski definition) is 4. The topological polar surface area (TPSA) is 60.2 Å². The number of pyridine rings is 1. The van der Waals surface area contributed by atoms with Crippen molar-refractivity contribution >= 4 is 16.6 Å². The predicted octanol–water partition coefficient (Wildman–Crippen LogP) is 2.80. The Hall–Kier alpha value is -1.81. The van der Waals surface area contributed by atoms with E-state index in [0.717, 1.165) is 28.0 Å². The standard InChI is InChI=1S/C14H17N3O/c1-18-13-7-3-6-11-10(13)8-12(17-15)14(16-11)9-4-2-5-9/h3,6-9,17H,2,4-5,15H2,1H3. The van der Waals surface area contributed by atoms with Crippen molar-refractivity contribution in [2.24, 2.45) is 5.84 Å². The van der Waals surface area contributed by atoms with Crippen molar-refractivity contribution < 1.29 is 4.74 Å². The van der Waals surface area contributed by atoms with Crippen LogP contribution < -0.4 is 16.0 Å². The van der Waals surface area contributed by atoms with Gasteiger partial charge in [-0.15, -0.1) is 0 Å². The van der Waals surface area contributed by atoms with Gasteiger partial charge < -0.3 is 10.2 Å². The fourth-order valence-corrected chi connectivity index (χ4v) is 2.47. The van der Waals surface area contributed by atoms with E-state index in [0.29, 0.717) is 5.92 Å². The van der Waals surface area contributed by atoms with E-state index in [1.54, 1.807) is 7.11 Å². The van der Waals surface area contributed by atoms with Gasteiger partial charge in [-0.25, -0.2) is 0 Å². The van der Waals surface area contributed by atoms with Crippen LogP contribution in [0.25, 0.3) is 10.9 Å². The molecule has 4 heteroatoms. The second kappa shape index (κ2) is 4.46. The molecule has 1 fully saturated rings. The number of fused-ring (bicyclic) bond motifs is 1. The molecule has 2 aromatic rings. The molecule has 3 N–H and O–H groups in total. The number of ether oxygens (including phenoxy) is 1. The molecule has 3 rings (SSSR count). The Morgan fingerprint density at radius 3 is 2.83 bits per heavy atom. The van der Waals surface area contributed by atoms with Crippen molar-refractivity contribution in [1.82, 2.24) is 4.98 Å². The van der Waals surface area contributed by atoms with Crippen molar-refractivity contribution in [1.29, 1.82) is 0 Å². The lowest BCUT2D eigenvalue weighted by Crippen LogP contribution is -2.17. The summed E-state index contributed by atoms with van der Waals surface area (Å²) in [5.74, 6) is 7.00. The van der Waals surface area contributed by atoms with E-state index in [1.807, 2.05) is 24.3 Å². The van der Waals surface area contributed by atoms with E-state index in [9.17, 15) is 0 Å². The van der Waals surface area contributed by atoms with Crippen LogP contribution in [0.4, 0.5) is 5.69 Å². The maximum absolute atomic E-state index is 5.62. The van der Waals surface area contributed by atoms with Crippen molar-refractivity contribution in [3.63, 3.8) is 0 Å². The van der Waals surface area contributed by atoms with Crippen LogP contribution in [0.3, 0.4) is 0 Å². The number of nitrogens with zero attached hydrogens (tertiary/aromatic N) is 1. The smallest absolute Gasteiger partial charge is 0.128 e. The fourth-order valence-electron chi connectivity index (χ4n) is 2.47. The first-order valence-corrected chi connectivity index (χ1v) is 6.27. The van der Waals surface area contributed by atoms with Gasteiger partial charge in [-0.3, -0.25) is 10.8 Å². The highest BCUT2D eigenvalue weighted by molar-refractivity contribution is 5.88. The third-order valence-electron chi connectivity index (χ3n) is 3.72. The lowest BCUT2D eigenvalue weighted by atomic mass is 9.82. The summed E-state index contributed by atoms with van der Waals surface area (Å²) in [4.78, 5) is 4.75. The molecule has 18 heavy (non-hydrogen) atoms. The van der Waals surface area contributed by atoms with E-state index < -0.39 is 0 Å². The lowest BCUT2D eigenvalue weighted by molar-refractivity contribution is 0.412. The van der Waals surface area contributed by atoms with Crippen LogP contribution in [-0.4, -0.2) is 12.1 Å². The molecule has 94 valence electrons. The number of aromatic nitrogens is 1. The Bertz CT molecular complexity index is 579. The van der Waals surface area contributed by atoms with Crippen LogP contribution in [0.2, 0.25) is 0 Å². The Morgan fingerprint density at radius 1 is 1.39 bits per heavy atom. The lowest BCUT2D eigenvalue weighted by Gasteiger charge is -2.27. The van der Waals surface area contributed by atoms with E-state index in [-0.39, 0.29) is 0 Å². The molecule has 0 spiro atoms. The van der Waals surface area contributed by atoms with E-state index in [4.69, 9.17) is 15.6 Å². The van der Waals surface area contributed by atoms with Crippen molar-refractivity contribution in [3.05, 3.63) is 30.0 Å². The second-order valence-corrected chi connectivity index (χ2v) is 4.72.